The third-order valence-corrected chi connectivity index (χ3v) is 7.77. The number of carbonyl (C=O) groups excluding carboxylic acids is 3. The lowest BCUT2D eigenvalue weighted by molar-refractivity contribution is -0.132. The van der Waals surface area contributed by atoms with Gasteiger partial charge in [-0.1, -0.05) is 62.1 Å². The predicted molar refractivity (Wildman–Crippen MR) is 155 cm³/mol. The van der Waals surface area contributed by atoms with Crippen LogP contribution in [0.4, 0.5) is 5.13 Å². The first-order chi connectivity index (χ1) is 19.1. The van der Waals surface area contributed by atoms with E-state index < -0.39 is 23.7 Å². The van der Waals surface area contributed by atoms with Crippen molar-refractivity contribution in [2.24, 2.45) is 0 Å². The molecular weight excluding hydrogens is 528 g/mol. The highest BCUT2D eigenvalue weighted by Crippen LogP contribution is 2.44. The van der Waals surface area contributed by atoms with E-state index in [0.717, 1.165) is 16.9 Å². The number of Topliss-reactive ketones (excluding diaryl/α,β-unsaturated/α-hetero) is 1. The minimum atomic E-state index is -0.960. The van der Waals surface area contributed by atoms with Crippen LogP contribution >= 0.6 is 11.3 Å². The van der Waals surface area contributed by atoms with Crippen LogP contribution in [0, 0.1) is 13.8 Å². The maximum atomic E-state index is 13.6. The molecule has 2 heterocycles. The van der Waals surface area contributed by atoms with E-state index in [0.29, 0.717) is 34.7 Å². The number of ketones is 1. The van der Waals surface area contributed by atoms with Gasteiger partial charge in [0.25, 0.3) is 5.78 Å². The molecule has 0 aliphatic carbocycles. The van der Waals surface area contributed by atoms with Gasteiger partial charge in [0.15, 0.2) is 5.13 Å². The highest BCUT2D eigenvalue weighted by molar-refractivity contribution is 7.17. The van der Waals surface area contributed by atoms with Gasteiger partial charge >= 0.3 is 11.9 Å². The van der Waals surface area contributed by atoms with Gasteiger partial charge in [0.05, 0.1) is 23.9 Å². The van der Waals surface area contributed by atoms with Crippen LogP contribution in [0.2, 0.25) is 0 Å². The molecule has 208 valence electrons. The first kappa shape index (κ1) is 28.8. The van der Waals surface area contributed by atoms with E-state index in [1.54, 1.807) is 45.0 Å². The molecule has 1 fully saturated rings. The first-order valence-electron chi connectivity index (χ1n) is 13.0. The van der Waals surface area contributed by atoms with Crippen LogP contribution < -0.4 is 9.64 Å². The average molecular weight is 561 g/mol. The van der Waals surface area contributed by atoms with Gasteiger partial charge in [-0.15, -0.1) is 0 Å². The van der Waals surface area contributed by atoms with Crippen LogP contribution in [-0.4, -0.2) is 41.0 Å². The number of aliphatic hydroxyl groups is 1. The lowest BCUT2D eigenvalue weighted by Gasteiger charge is -2.23. The summed E-state index contributed by atoms with van der Waals surface area (Å²) in [5.41, 5.74) is 3.10. The summed E-state index contributed by atoms with van der Waals surface area (Å²) < 4.78 is 10.7. The zero-order valence-electron chi connectivity index (χ0n) is 23.2. The maximum Gasteiger partial charge on any atom is 0.350 e. The minimum Gasteiger partial charge on any atom is -0.507 e. The van der Waals surface area contributed by atoms with E-state index in [1.807, 2.05) is 24.3 Å². The lowest BCUT2D eigenvalue weighted by Crippen LogP contribution is -2.29. The SMILES string of the molecule is C=CCOc1ccc(C(O)=C2C(=O)C(=O)N(c3nc(C)c(C(=O)OCC)s3)C2c2ccc(C(C)C)cc2)c(C)c1. The van der Waals surface area contributed by atoms with Gasteiger partial charge in [-0.3, -0.25) is 14.5 Å². The third-order valence-electron chi connectivity index (χ3n) is 6.64. The largest absolute Gasteiger partial charge is 0.507 e. The van der Waals surface area contributed by atoms with E-state index in [2.05, 4.69) is 25.4 Å². The van der Waals surface area contributed by atoms with Gasteiger partial charge in [-0.05, 0) is 61.6 Å². The summed E-state index contributed by atoms with van der Waals surface area (Å²) in [6.45, 7) is 13.4. The lowest BCUT2D eigenvalue weighted by atomic mass is 9.92. The van der Waals surface area contributed by atoms with Crippen molar-refractivity contribution in [1.29, 1.82) is 0 Å². The Hall–Kier alpha value is -4.24. The number of thiazole rings is 1. The maximum absolute atomic E-state index is 13.6. The van der Waals surface area contributed by atoms with E-state index in [9.17, 15) is 19.5 Å². The van der Waals surface area contributed by atoms with Crippen LogP contribution in [0.3, 0.4) is 0 Å². The van der Waals surface area contributed by atoms with Crippen molar-refractivity contribution in [1.82, 2.24) is 4.98 Å². The van der Waals surface area contributed by atoms with Crippen molar-refractivity contribution in [3.05, 3.63) is 93.5 Å². The number of anilines is 1. The zero-order valence-corrected chi connectivity index (χ0v) is 24.0. The fourth-order valence-electron chi connectivity index (χ4n) is 4.57. The second-order valence-corrected chi connectivity index (χ2v) is 10.7. The smallest absolute Gasteiger partial charge is 0.350 e. The van der Waals surface area contributed by atoms with Gasteiger partial charge in [-0.25, -0.2) is 9.78 Å². The molecule has 0 spiro atoms. The van der Waals surface area contributed by atoms with Gasteiger partial charge in [0.1, 0.15) is 23.0 Å². The molecule has 8 nitrogen and oxygen atoms in total. The molecule has 1 unspecified atom stereocenters. The number of hydrogen-bond donors (Lipinski definition) is 1. The summed E-state index contributed by atoms with van der Waals surface area (Å²) in [6, 6.07) is 11.7. The Bertz CT molecular complexity index is 1500. The summed E-state index contributed by atoms with van der Waals surface area (Å²) in [5, 5.41) is 11.7. The summed E-state index contributed by atoms with van der Waals surface area (Å²) >= 11 is 0.978. The molecule has 1 atom stereocenters. The van der Waals surface area contributed by atoms with Crippen LogP contribution in [0.15, 0.2) is 60.7 Å². The summed E-state index contributed by atoms with van der Waals surface area (Å²) in [6.07, 6.45) is 1.63. The highest BCUT2D eigenvalue weighted by atomic mass is 32.1. The Kier molecular flexibility index (Phi) is 8.54. The van der Waals surface area contributed by atoms with Crippen LogP contribution in [-0.2, 0) is 14.3 Å². The summed E-state index contributed by atoms with van der Waals surface area (Å²) in [7, 11) is 0. The quantitative estimate of drug-likeness (QED) is 0.108. The zero-order chi connectivity index (χ0) is 29.1. The van der Waals surface area contributed by atoms with Crippen molar-refractivity contribution in [2.45, 2.75) is 46.6 Å². The Morgan fingerprint density at radius 3 is 2.48 bits per heavy atom. The topological polar surface area (TPSA) is 106 Å². The number of carbonyl (C=O) groups is 3. The second kappa shape index (κ2) is 11.9. The van der Waals surface area contributed by atoms with Gasteiger partial charge in [0.2, 0.25) is 0 Å². The number of rotatable bonds is 9. The molecule has 1 amide bonds. The Labute approximate surface area is 237 Å². The van der Waals surface area contributed by atoms with Crippen molar-refractivity contribution in [3.8, 4) is 5.75 Å². The van der Waals surface area contributed by atoms with Crippen molar-refractivity contribution < 1.29 is 29.0 Å². The number of hydrogen-bond acceptors (Lipinski definition) is 8. The fourth-order valence-corrected chi connectivity index (χ4v) is 5.56. The minimum absolute atomic E-state index is 0.0595. The molecule has 4 rings (SSSR count). The molecule has 3 aromatic rings. The van der Waals surface area contributed by atoms with Crippen molar-refractivity contribution >= 4 is 39.9 Å². The van der Waals surface area contributed by atoms with Crippen LogP contribution in [0.5, 0.6) is 5.75 Å². The summed E-state index contributed by atoms with van der Waals surface area (Å²) in [5.74, 6) is -1.67. The molecule has 0 saturated carbocycles. The van der Waals surface area contributed by atoms with Crippen molar-refractivity contribution in [3.63, 3.8) is 0 Å². The van der Waals surface area contributed by atoms with Gasteiger partial charge in [0, 0.05) is 5.56 Å². The van der Waals surface area contributed by atoms with Crippen LogP contribution in [0.1, 0.15) is 70.4 Å². The number of benzene rings is 2. The van der Waals surface area contributed by atoms with E-state index >= 15 is 0 Å². The fraction of sp³-hybridized carbons (Fsp3) is 0.290. The molecule has 0 radical (unpaired) electrons. The monoisotopic (exact) mass is 560 g/mol. The van der Waals surface area contributed by atoms with Crippen LogP contribution in [0.25, 0.3) is 5.76 Å². The Balaban J connectivity index is 1.89. The molecule has 1 saturated heterocycles. The number of aryl methyl sites for hydroxylation is 2. The number of ether oxygens (including phenoxy) is 2. The summed E-state index contributed by atoms with van der Waals surface area (Å²) in [4.78, 5) is 45.6. The average Bonchev–Trinajstić information content (AvgIpc) is 3.43. The number of nitrogens with zero attached hydrogens (tertiary/aromatic N) is 2. The molecule has 2 aromatic carbocycles. The van der Waals surface area contributed by atoms with E-state index in [1.165, 1.54) is 4.90 Å². The van der Waals surface area contributed by atoms with E-state index in [4.69, 9.17) is 9.47 Å². The second-order valence-electron chi connectivity index (χ2n) is 9.70. The standard InChI is InChI=1S/C31H32N2O6S/c1-7-15-39-22-13-14-23(18(5)16-22)26(34)24-25(21-11-9-20(10-12-21)17(3)4)33(29(36)27(24)35)31-32-19(6)28(40-31)30(37)38-8-2/h7,9-14,16-17,25,34H,1,8,15H2,2-6H3. The van der Waals surface area contributed by atoms with Gasteiger partial charge < -0.3 is 14.6 Å². The predicted octanol–water partition coefficient (Wildman–Crippen LogP) is 6.25. The number of aliphatic hydroxyl groups excluding tert-OH is 1. The molecular formula is C31H32N2O6S. The molecule has 40 heavy (non-hydrogen) atoms. The Morgan fingerprint density at radius 1 is 1.18 bits per heavy atom. The molecule has 1 aromatic heterocycles. The molecule has 1 aliphatic rings. The third kappa shape index (κ3) is 5.42. The molecule has 1 aliphatic heterocycles. The van der Waals surface area contributed by atoms with Crippen molar-refractivity contribution in [2.75, 3.05) is 18.1 Å². The van der Waals surface area contributed by atoms with Gasteiger partial charge in [-0.2, -0.15) is 0 Å². The number of esters is 1. The number of aromatic nitrogens is 1. The van der Waals surface area contributed by atoms with E-state index in [-0.39, 0.29) is 33.9 Å². The molecule has 0 bridgehead atoms. The molecule has 1 N–H and O–H groups in total. The normalized spacial score (nSPS) is 16.4. The highest BCUT2D eigenvalue weighted by Gasteiger charge is 2.48. The first-order valence-corrected chi connectivity index (χ1v) is 13.8. The number of amides is 1. The Morgan fingerprint density at radius 2 is 1.88 bits per heavy atom. The molecule has 9 heteroatoms.